The highest BCUT2D eigenvalue weighted by Gasteiger charge is 2.24. The van der Waals surface area contributed by atoms with Crippen LogP contribution in [0.4, 0.5) is 4.79 Å². The Bertz CT molecular complexity index is 307. The second-order valence-corrected chi connectivity index (χ2v) is 6.22. The molecular weight excluding hydrogens is 260 g/mol. The van der Waals surface area contributed by atoms with Gasteiger partial charge < -0.3 is 20.4 Å². The van der Waals surface area contributed by atoms with Gasteiger partial charge in [-0.05, 0) is 18.3 Å². The molecule has 0 saturated carbocycles. The number of rotatable bonds is 8. The predicted molar refractivity (Wildman–Crippen MR) is 77.6 cm³/mol. The van der Waals surface area contributed by atoms with Crippen molar-refractivity contribution in [2.45, 2.75) is 53.0 Å². The summed E-state index contributed by atoms with van der Waals surface area (Å²) in [6, 6.07) is -0.713. The number of carboxylic acid groups (broad SMARTS) is 1. The van der Waals surface area contributed by atoms with Crippen LogP contribution < -0.4 is 5.32 Å². The molecule has 6 heteroatoms. The third-order valence-corrected chi connectivity index (χ3v) is 2.76. The summed E-state index contributed by atoms with van der Waals surface area (Å²) >= 11 is 0. The number of nitrogens with one attached hydrogen (secondary N) is 1. The lowest BCUT2D eigenvalue weighted by atomic mass is 9.87. The van der Waals surface area contributed by atoms with Crippen molar-refractivity contribution in [1.82, 2.24) is 10.2 Å². The summed E-state index contributed by atoms with van der Waals surface area (Å²) in [7, 11) is 0. The molecule has 0 aliphatic heterocycles. The molecule has 0 aliphatic carbocycles. The first-order valence-electron chi connectivity index (χ1n) is 7.07. The first-order chi connectivity index (χ1) is 9.19. The van der Waals surface area contributed by atoms with Gasteiger partial charge in [-0.25, -0.2) is 4.79 Å². The van der Waals surface area contributed by atoms with E-state index in [1.165, 1.54) is 4.90 Å². The van der Waals surface area contributed by atoms with E-state index in [9.17, 15) is 9.59 Å². The minimum atomic E-state index is -0.927. The number of carboxylic acids is 1. The van der Waals surface area contributed by atoms with Gasteiger partial charge in [0.2, 0.25) is 0 Å². The highest BCUT2D eigenvalue weighted by molar-refractivity contribution is 5.76. The van der Waals surface area contributed by atoms with Gasteiger partial charge in [-0.1, -0.05) is 27.7 Å². The van der Waals surface area contributed by atoms with Crippen LogP contribution in [0.1, 0.15) is 47.0 Å². The van der Waals surface area contributed by atoms with Crippen LogP contribution >= 0.6 is 0 Å². The van der Waals surface area contributed by atoms with Gasteiger partial charge in [-0.15, -0.1) is 0 Å². The highest BCUT2D eigenvalue weighted by atomic mass is 16.4. The maximum Gasteiger partial charge on any atom is 0.317 e. The molecule has 0 aromatic heterocycles. The van der Waals surface area contributed by atoms with E-state index in [-0.39, 0.29) is 31.0 Å². The summed E-state index contributed by atoms with van der Waals surface area (Å²) < 4.78 is 0. The smallest absolute Gasteiger partial charge is 0.317 e. The second kappa shape index (κ2) is 8.79. The molecule has 118 valence electrons. The molecule has 0 aromatic rings. The lowest BCUT2D eigenvalue weighted by Crippen LogP contribution is -2.47. The fourth-order valence-corrected chi connectivity index (χ4v) is 2.10. The maximum atomic E-state index is 12.1. The number of amides is 2. The first kappa shape index (κ1) is 18.7. The van der Waals surface area contributed by atoms with Crippen molar-refractivity contribution in [2.24, 2.45) is 5.41 Å². The monoisotopic (exact) mass is 288 g/mol. The maximum absolute atomic E-state index is 12.1. The average molecular weight is 288 g/mol. The van der Waals surface area contributed by atoms with Crippen LogP contribution in [0.25, 0.3) is 0 Å². The van der Waals surface area contributed by atoms with Crippen molar-refractivity contribution in [1.29, 1.82) is 0 Å². The lowest BCUT2D eigenvalue weighted by Gasteiger charge is -2.29. The standard InChI is InChI=1S/C14H28N2O4/c1-5-6-16(7-8-17)13(20)15-11(9-12(18)19)10-14(2,3)4/h11,17H,5-10H2,1-4H3,(H,15,20)(H,18,19). The fraction of sp³-hybridized carbons (Fsp3) is 0.857. The number of urea groups is 1. The van der Waals surface area contributed by atoms with Crippen molar-refractivity contribution in [2.75, 3.05) is 19.7 Å². The predicted octanol–water partition coefficient (Wildman–Crippen LogP) is 1.68. The minimum Gasteiger partial charge on any atom is -0.481 e. The lowest BCUT2D eigenvalue weighted by molar-refractivity contribution is -0.137. The Hall–Kier alpha value is -1.30. The van der Waals surface area contributed by atoms with Crippen molar-refractivity contribution in [3.63, 3.8) is 0 Å². The number of aliphatic carboxylic acids is 1. The number of hydrogen-bond acceptors (Lipinski definition) is 3. The Morgan fingerprint density at radius 1 is 1.25 bits per heavy atom. The summed E-state index contributed by atoms with van der Waals surface area (Å²) in [4.78, 5) is 24.5. The van der Waals surface area contributed by atoms with E-state index in [2.05, 4.69) is 5.32 Å². The van der Waals surface area contributed by atoms with Crippen LogP contribution in [0, 0.1) is 5.41 Å². The van der Waals surface area contributed by atoms with Crippen LogP contribution in [0.3, 0.4) is 0 Å². The van der Waals surface area contributed by atoms with Gasteiger partial charge in [0.05, 0.1) is 13.0 Å². The Balaban J connectivity index is 4.67. The molecule has 1 unspecified atom stereocenters. The third kappa shape index (κ3) is 8.74. The quantitative estimate of drug-likeness (QED) is 0.634. The number of carbonyl (C=O) groups excluding carboxylic acids is 1. The van der Waals surface area contributed by atoms with Gasteiger partial charge in [-0.3, -0.25) is 4.79 Å². The van der Waals surface area contributed by atoms with Gasteiger partial charge in [-0.2, -0.15) is 0 Å². The summed E-state index contributed by atoms with van der Waals surface area (Å²) in [5.74, 6) is -0.927. The van der Waals surface area contributed by atoms with Crippen molar-refractivity contribution < 1.29 is 19.8 Å². The van der Waals surface area contributed by atoms with Gasteiger partial charge in [0, 0.05) is 19.1 Å². The molecule has 6 nitrogen and oxygen atoms in total. The molecule has 0 saturated heterocycles. The summed E-state index contributed by atoms with van der Waals surface area (Å²) in [6.07, 6.45) is 1.28. The zero-order valence-electron chi connectivity index (χ0n) is 13.0. The largest absolute Gasteiger partial charge is 0.481 e. The van der Waals surface area contributed by atoms with Gasteiger partial charge in [0.15, 0.2) is 0 Å². The normalized spacial score (nSPS) is 12.8. The summed E-state index contributed by atoms with van der Waals surface area (Å²) in [5.41, 5.74) is -0.0695. The molecule has 0 spiro atoms. The van der Waals surface area contributed by atoms with Crippen LogP contribution in [0.5, 0.6) is 0 Å². The molecule has 20 heavy (non-hydrogen) atoms. The number of aliphatic hydroxyl groups excluding tert-OH is 1. The van der Waals surface area contributed by atoms with E-state index < -0.39 is 12.0 Å². The van der Waals surface area contributed by atoms with Crippen LogP contribution in [-0.4, -0.2) is 52.9 Å². The summed E-state index contributed by atoms with van der Waals surface area (Å²) in [6.45, 7) is 8.66. The molecule has 0 heterocycles. The molecule has 2 amide bonds. The Morgan fingerprint density at radius 2 is 1.85 bits per heavy atom. The number of hydrogen-bond donors (Lipinski definition) is 3. The van der Waals surface area contributed by atoms with Crippen molar-refractivity contribution in [3.8, 4) is 0 Å². The zero-order valence-corrected chi connectivity index (χ0v) is 13.0. The zero-order chi connectivity index (χ0) is 15.8. The van der Waals surface area contributed by atoms with Crippen molar-refractivity contribution >= 4 is 12.0 Å². The molecule has 1 atom stereocenters. The van der Waals surface area contributed by atoms with Crippen LogP contribution in [0.2, 0.25) is 0 Å². The Labute approximate surface area is 121 Å². The molecule has 0 rings (SSSR count). The fourth-order valence-electron chi connectivity index (χ4n) is 2.10. The van der Waals surface area contributed by atoms with Crippen LogP contribution in [0.15, 0.2) is 0 Å². The average Bonchev–Trinajstić information content (AvgIpc) is 2.25. The highest BCUT2D eigenvalue weighted by Crippen LogP contribution is 2.22. The van der Waals surface area contributed by atoms with Crippen LogP contribution in [-0.2, 0) is 4.79 Å². The molecule has 0 bridgehead atoms. The topological polar surface area (TPSA) is 89.9 Å². The van der Waals surface area contributed by atoms with Gasteiger partial charge >= 0.3 is 12.0 Å². The number of nitrogens with zero attached hydrogens (tertiary/aromatic N) is 1. The van der Waals surface area contributed by atoms with Gasteiger partial charge in [0.1, 0.15) is 0 Å². The molecular formula is C14H28N2O4. The summed E-state index contributed by atoms with van der Waals surface area (Å²) in [5, 5.41) is 20.7. The van der Waals surface area contributed by atoms with E-state index >= 15 is 0 Å². The minimum absolute atomic E-state index is 0.0695. The molecule has 0 radical (unpaired) electrons. The molecule has 3 N–H and O–H groups in total. The Kier molecular flexibility index (Phi) is 8.22. The van der Waals surface area contributed by atoms with E-state index in [0.29, 0.717) is 13.0 Å². The second-order valence-electron chi connectivity index (χ2n) is 6.22. The first-order valence-corrected chi connectivity index (χ1v) is 7.07. The van der Waals surface area contributed by atoms with E-state index in [1.54, 1.807) is 0 Å². The van der Waals surface area contributed by atoms with E-state index in [0.717, 1.165) is 6.42 Å². The van der Waals surface area contributed by atoms with E-state index in [1.807, 2.05) is 27.7 Å². The van der Waals surface area contributed by atoms with Gasteiger partial charge in [0.25, 0.3) is 0 Å². The molecule has 0 fully saturated rings. The molecule has 0 aromatic carbocycles. The Morgan fingerprint density at radius 3 is 2.25 bits per heavy atom. The van der Waals surface area contributed by atoms with E-state index in [4.69, 9.17) is 10.2 Å². The SMILES string of the molecule is CCCN(CCO)C(=O)NC(CC(=O)O)CC(C)(C)C. The van der Waals surface area contributed by atoms with Crippen molar-refractivity contribution in [3.05, 3.63) is 0 Å². The third-order valence-electron chi connectivity index (χ3n) is 2.76. The molecule has 0 aliphatic rings. The number of aliphatic hydroxyl groups is 1. The number of carbonyl (C=O) groups is 2.